The molecule has 8 heteroatoms. The zero-order chi connectivity index (χ0) is 23.5. The predicted molar refractivity (Wildman–Crippen MR) is 125 cm³/mol. The largest absolute Gasteiger partial charge is 0.359 e. The van der Waals surface area contributed by atoms with Gasteiger partial charge in [0.15, 0.2) is 0 Å². The van der Waals surface area contributed by atoms with E-state index in [0.717, 1.165) is 0 Å². The number of Topliss-reactive ketones (excluding diaryl/α,β-unsaturated/α-hetero) is 1. The lowest BCUT2D eigenvalue weighted by atomic mass is 10.1. The molecule has 0 unspecified atom stereocenters. The smallest absolute Gasteiger partial charge is 0.295 e. The van der Waals surface area contributed by atoms with Gasteiger partial charge in [0.05, 0.1) is 16.8 Å². The lowest BCUT2D eigenvalue weighted by Gasteiger charge is -2.39. The highest BCUT2D eigenvalue weighted by atomic mass is 16.2. The summed E-state index contributed by atoms with van der Waals surface area (Å²) < 4.78 is 0. The summed E-state index contributed by atoms with van der Waals surface area (Å²) in [5.41, 5.74) is 2.02. The highest BCUT2D eigenvalue weighted by Gasteiger charge is 2.34. The Bertz CT molecular complexity index is 1220. The zero-order valence-corrected chi connectivity index (χ0v) is 18.6. The number of fused-ring (bicyclic) bond motifs is 1. The van der Waals surface area contributed by atoms with Crippen LogP contribution < -0.4 is 5.32 Å². The number of piperazine rings is 1. The van der Waals surface area contributed by atoms with Crippen molar-refractivity contribution in [3.8, 4) is 0 Å². The summed E-state index contributed by atoms with van der Waals surface area (Å²) in [5.74, 6) is -1.44. The standard InChI is InChI=1S/C25H26N4O4/c1-3-21(30)27-20-11-7-10-18-19(14-26-22(18)20)23(31)25(33)29-13-12-28(15-16(29)2)24(32)17-8-5-4-6-9-17/h4-11,14,16,26H,3,12-13,15H2,1-2H3,(H,27,30)/t16-/m1/s1. The number of nitrogens with zero attached hydrogens (tertiary/aromatic N) is 2. The zero-order valence-electron chi connectivity index (χ0n) is 18.6. The summed E-state index contributed by atoms with van der Waals surface area (Å²) in [6.07, 6.45) is 1.84. The van der Waals surface area contributed by atoms with E-state index >= 15 is 0 Å². The minimum atomic E-state index is -0.616. The van der Waals surface area contributed by atoms with E-state index in [1.165, 1.54) is 11.1 Å². The molecule has 2 N–H and O–H groups in total. The van der Waals surface area contributed by atoms with Crippen LogP contribution >= 0.6 is 0 Å². The minimum Gasteiger partial charge on any atom is -0.359 e. The van der Waals surface area contributed by atoms with Gasteiger partial charge < -0.3 is 20.1 Å². The van der Waals surface area contributed by atoms with Crippen molar-refractivity contribution in [2.75, 3.05) is 25.0 Å². The van der Waals surface area contributed by atoms with Gasteiger partial charge in [0.2, 0.25) is 5.91 Å². The Balaban J connectivity index is 1.49. The van der Waals surface area contributed by atoms with Gasteiger partial charge in [-0.25, -0.2) is 0 Å². The first-order chi connectivity index (χ1) is 15.9. The highest BCUT2D eigenvalue weighted by Crippen LogP contribution is 2.27. The van der Waals surface area contributed by atoms with E-state index in [4.69, 9.17) is 0 Å². The summed E-state index contributed by atoms with van der Waals surface area (Å²) >= 11 is 0. The van der Waals surface area contributed by atoms with Crippen LogP contribution in [-0.4, -0.2) is 64.0 Å². The highest BCUT2D eigenvalue weighted by molar-refractivity contribution is 6.45. The SMILES string of the molecule is CCC(=O)Nc1cccc2c(C(=O)C(=O)N3CCN(C(=O)c4ccccc4)C[C@H]3C)c[nH]c12. The third kappa shape index (κ3) is 4.37. The molecule has 8 nitrogen and oxygen atoms in total. The molecule has 1 fully saturated rings. The van der Waals surface area contributed by atoms with E-state index in [2.05, 4.69) is 10.3 Å². The summed E-state index contributed by atoms with van der Waals surface area (Å²) in [5, 5.41) is 3.38. The second-order valence-electron chi connectivity index (χ2n) is 8.13. The molecule has 0 bridgehead atoms. The van der Waals surface area contributed by atoms with Gasteiger partial charge in [-0.1, -0.05) is 37.3 Å². The maximum Gasteiger partial charge on any atom is 0.295 e. The molecule has 0 radical (unpaired) electrons. The first-order valence-corrected chi connectivity index (χ1v) is 11.0. The summed E-state index contributed by atoms with van der Waals surface area (Å²) in [7, 11) is 0. The van der Waals surface area contributed by atoms with Gasteiger partial charge in [-0.05, 0) is 25.1 Å². The fourth-order valence-electron chi connectivity index (χ4n) is 4.14. The number of amides is 3. The number of para-hydroxylation sites is 1. The minimum absolute atomic E-state index is 0.0841. The maximum atomic E-state index is 13.1. The number of hydrogen-bond donors (Lipinski definition) is 2. The molecule has 2 heterocycles. The van der Waals surface area contributed by atoms with Gasteiger partial charge in [0.1, 0.15) is 0 Å². The average molecular weight is 447 g/mol. The number of hydrogen-bond acceptors (Lipinski definition) is 4. The Labute approximate surface area is 191 Å². The van der Waals surface area contributed by atoms with Crippen molar-refractivity contribution in [3.63, 3.8) is 0 Å². The molecule has 1 aliphatic rings. The van der Waals surface area contributed by atoms with Crippen LogP contribution in [0.2, 0.25) is 0 Å². The summed E-state index contributed by atoms with van der Waals surface area (Å²) in [6.45, 7) is 4.59. The van der Waals surface area contributed by atoms with Crippen molar-refractivity contribution >= 4 is 40.1 Å². The molecule has 0 saturated carbocycles. The second kappa shape index (κ2) is 9.28. The van der Waals surface area contributed by atoms with Crippen molar-refractivity contribution in [2.24, 2.45) is 0 Å². The second-order valence-corrected chi connectivity index (χ2v) is 8.13. The van der Waals surface area contributed by atoms with Gasteiger partial charge >= 0.3 is 0 Å². The van der Waals surface area contributed by atoms with E-state index in [1.54, 1.807) is 42.2 Å². The number of nitrogens with one attached hydrogen (secondary N) is 2. The van der Waals surface area contributed by atoms with Crippen molar-refractivity contribution < 1.29 is 19.2 Å². The van der Waals surface area contributed by atoms with E-state index in [1.807, 2.05) is 25.1 Å². The summed E-state index contributed by atoms with van der Waals surface area (Å²) in [4.78, 5) is 57.0. The van der Waals surface area contributed by atoms with Crippen LogP contribution in [0.15, 0.2) is 54.7 Å². The normalized spacial score (nSPS) is 16.0. The van der Waals surface area contributed by atoms with Gasteiger partial charge in [-0.3, -0.25) is 19.2 Å². The molecule has 1 aliphatic heterocycles. The van der Waals surface area contributed by atoms with Crippen LogP contribution in [0.5, 0.6) is 0 Å². The third-order valence-corrected chi connectivity index (χ3v) is 5.95. The number of benzene rings is 2. The molecule has 33 heavy (non-hydrogen) atoms. The van der Waals surface area contributed by atoms with Gasteiger partial charge in [-0.2, -0.15) is 0 Å². The Morgan fingerprint density at radius 2 is 1.79 bits per heavy atom. The molecule has 1 atom stereocenters. The lowest BCUT2D eigenvalue weighted by molar-refractivity contribution is -0.130. The maximum absolute atomic E-state index is 13.1. The number of rotatable bonds is 5. The van der Waals surface area contributed by atoms with E-state index in [-0.39, 0.29) is 30.0 Å². The number of carbonyl (C=O) groups excluding carboxylic acids is 4. The van der Waals surface area contributed by atoms with Crippen LogP contribution in [0, 0.1) is 0 Å². The summed E-state index contributed by atoms with van der Waals surface area (Å²) in [6, 6.07) is 13.9. The quantitative estimate of drug-likeness (QED) is 0.464. The molecule has 2 aromatic carbocycles. The molecule has 1 aromatic heterocycles. The number of carbonyl (C=O) groups is 4. The molecule has 170 valence electrons. The molecule has 0 spiro atoms. The number of H-pyrrole nitrogens is 1. The average Bonchev–Trinajstić information content (AvgIpc) is 3.28. The lowest BCUT2D eigenvalue weighted by Crippen LogP contribution is -2.56. The Hall–Kier alpha value is -3.94. The van der Waals surface area contributed by atoms with Crippen molar-refractivity contribution in [1.82, 2.24) is 14.8 Å². The topological polar surface area (TPSA) is 103 Å². The van der Waals surface area contributed by atoms with Crippen LogP contribution in [0.25, 0.3) is 10.9 Å². The van der Waals surface area contributed by atoms with E-state index in [9.17, 15) is 19.2 Å². The number of aromatic amines is 1. The van der Waals surface area contributed by atoms with Gasteiger partial charge in [-0.15, -0.1) is 0 Å². The predicted octanol–water partition coefficient (Wildman–Crippen LogP) is 3.07. The first kappa shape index (κ1) is 22.3. The van der Waals surface area contributed by atoms with E-state index in [0.29, 0.717) is 41.7 Å². The Morgan fingerprint density at radius 1 is 1.03 bits per heavy atom. The number of aromatic nitrogens is 1. The molecule has 4 rings (SSSR count). The van der Waals surface area contributed by atoms with Gasteiger partial charge in [0, 0.05) is 49.2 Å². The van der Waals surface area contributed by atoms with Crippen molar-refractivity contribution in [3.05, 3.63) is 65.9 Å². The monoisotopic (exact) mass is 446 g/mol. The number of anilines is 1. The first-order valence-electron chi connectivity index (χ1n) is 11.0. The molecule has 3 amide bonds. The van der Waals surface area contributed by atoms with E-state index < -0.39 is 11.7 Å². The fourth-order valence-corrected chi connectivity index (χ4v) is 4.14. The van der Waals surface area contributed by atoms with Gasteiger partial charge in [0.25, 0.3) is 17.6 Å². The van der Waals surface area contributed by atoms with Crippen LogP contribution in [0.4, 0.5) is 5.69 Å². The Kier molecular flexibility index (Phi) is 6.26. The molecule has 1 saturated heterocycles. The molecule has 0 aliphatic carbocycles. The van der Waals surface area contributed by atoms with Crippen LogP contribution in [0.1, 0.15) is 41.0 Å². The molecular formula is C25H26N4O4. The third-order valence-electron chi connectivity index (χ3n) is 5.95. The molecule has 3 aromatic rings. The van der Waals surface area contributed by atoms with Crippen LogP contribution in [0.3, 0.4) is 0 Å². The van der Waals surface area contributed by atoms with Crippen molar-refractivity contribution in [2.45, 2.75) is 26.3 Å². The number of ketones is 1. The fraction of sp³-hybridized carbons (Fsp3) is 0.280. The molecular weight excluding hydrogens is 420 g/mol. The van der Waals surface area contributed by atoms with Crippen LogP contribution in [-0.2, 0) is 9.59 Å². The van der Waals surface area contributed by atoms with Crippen molar-refractivity contribution in [1.29, 1.82) is 0 Å². The Morgan fingerprint density at radius 3 is 2.48 bits per heavy atom.